The molecule has 0 spiro atoms. The largest absolute Gasteiger partial charge is 0.494 e. The van der Waals surface area contributed by atoms with Crippen LogP contribution in [0.5, 0.6) is 5.75 Å². The second-order valence-corrected chi connectivity index (χ2v) is 5.86. The number of hydrogen-bond donors (Lipinski definition) is 0. The number of aromatic nitrogens is 2. The molecule has 0 amide bonds. The first-order valence-corrected chi connectivity index (χ1v) is 8.08. The average Bonchev–Trinajstić information content (AvgIpc) is 2.98. The van der Waals surface area contributed by atoms with Gasteiger partial charge >= 0.3 is 0 Å². The number of benzene rings is 1. The Balaban J connectivity index is 1.45. The zero-order chi connectivity index (χ0) is 15.2. The fraction of sp³-hybridized carbons (Fsp3) is 0.444. The van der Waals surface area contributed by atoms with Crippen molar-refractivity contribution in [2.45, 2.75) is 32.2 Å². The van der Waals surface area contributed by atoms with Crippen molar-refractivity contribution < 1.29 is 4.74 Å². The first-order valence-electron chi connectivity index (χ1n) is 8.08. The maximum atomic E-state index is 5.83. The maximum Gasteiger partial charge on any atom is 0.119 e. The lowest BCUT2D eigenvalue weighted by Crippen LogP contribution is -2.28. The van der Waals surface area contributed by atoms with Gasteiger partial charge in [-0.25, -0.2) is 0 Å². The van der Waals surface area contributed by atoms with Gasteiger partial charge in [-0.2, -0.15) is 10.2 Å². The molecule has 4 heteroatoms. The summed E-state index contributed by atoms with van der Waals surface area (Å²) in [5.41, 5.74) is 1.95. The van der Waals surface area contributed by atoms with E-state index in [1.165, 1.54) is 19.4 Å². The van der Waals surface area contributed by atoms with Crippen LogP contribution < -0.4 is 4.74 Å². The summed E-state index contributed by atoms with van der Waals surface area (Å²) in [6.45, 7) is 5.47. The zero-order valence-corrected chi connectivity index (χ0v) is 13.1. The van der Waals surface area contributed by atoms with Crippen molar-refractivity contribution in [1.29, 1.82) is 0 Å². The molecule has 2 heterocycles. The van der Waals surface area contributed by atoms with Crippen molar-refractivity contribution in [3.63, 3.8) is 0 Å². The Labute approximate surface area is 132 Å². The van der Waals surface area contributed by atoms with E-state index in [4.69, 9.17) is 4.74 Å². The Morgan fingerprint density at radius 1 is 1.23 bits per heavy atom. The van der Waals surface area contributed by atoms with Gasteiger partial charge in [0.1, 0.15) is 5.75 Å². The zero-order valence-electron chi connectivity index (χ0n) is 13.1. The van der Waals surface area contributed by atoms with Crippen molar-refractivity contribution in [3.8, 4) is 17.0 Å². The van der Waals surface area contributed by atoms with E-state index in [1.54, 1.807) is 6.20 Å². The van der Waals surface area contributed by atoms with Crippen molar-refractivity contribution in [3.05, 3.63) is 42.6 Å². The highest BCUT2D eigenvalue weighted by Gasteiger charge is 2.18. The van der Waals surface area contributed by atoms with Crippen molar-refractivity contribution in [2.75, 3.05) is 19.7 Å². The molecule has 22 heavy (non-hydrogen) atoms. The minimum absolute atomic E-state index is 0.742. The molecular formula is C18H23N3O. The van der Waals surface area contributed by atoms with E-state index in [-0.39, 0.29) is 0 Å². The number of likely N-dealkylation sites (tertiary alicyclic amines) is 1. The molecule has 1 aromatic heterocycles. The van der Waals surface area contributed by atoms with Gasteiger partial charge in [0.25, 0.3) is 0 Å². The van der Waals surface area contributed by atoms with E-state index < -0.39 is 0 Å². The molecular weight excluding hydrogens is 274 g/mol. The summed E-state index contributed by atoms with van der Waals surface area (Å²) in [4.78, 5) is 2.56. The molecule has 1 aromatic carbocycles. The highest BCUT2D eigenvalue weighted by Crippen LogP contribution is 2.20. The van der Waals surface area contributed by atoms with Gasteiger partial charge in [0.2, 0.25) is 0 Å². The third kappa shape index (κ3) is 3.83. The third-order valence-electron chi connectivity index (χ3n) is 4.27. The minimum atomic E-state index is 0.742. The Bertz CT molecular complexity index is 571. The predicted molar refractivity (Wildman–Crippen MR) is 87.8 cm³/mol. The summed E-state index contributed by atoms with van der Waals surface area (Å²) in [5, 5.41) is 8.01. The molecule has 1 atom stereocenters. The van der Waals surface area contributed by atoms with Gasteiger partial charge in [-0.15, -0.1) is 0 Å². The van der Waals surface area contributed by atoms with E-state index >= 15 is 0 Å². The van der Waals surface area contributed by atoms with E-state index in [9.17, 15) is 0 Å². The van der Waals surface area contributed by atoms with Crippen molar-refractivity contribution in [2.24, 2.45) is 0 Å². The van der Waals surface area contributed by atoms with Gasteiger partial charge in [0, 0.05) is 24.3 Å². The van der Waals surface area contributed by atoms with Crippen LogP contribution in [0.15, 0.2) is 42.6 Å². The van der Waals surface area contributed by atoms with Gasteiger partial charge in [0.05, 0.1) is 12.3 Å². The van der Waals surface area contributed by atoms with E-state index in [0.717, 1.165) is 42.6 Å². The summed E-state index contributed by atoms with van der Waals surface area (Å²) in [6, 6.07) is 12.7. The fourth-order valence-electron chi connectivity index (χ4n) is 2.96. The summed E-state index contributed by atoms with van der Waals surface area (Å²) < 4.78 is 5.83. The molecule has 116 valence electrons. The predicted octanol–water partition coefficient (Wildman–Crippen LogP) is 3.40. The maximum absolute atomic E-state index is 5.83. The first-order chi connectivity index (χ1) is 10.8. The molecule has 3 rings (SSSR count). The summed E-state index contributed by atoms with van der Waals surface area (Å²) in [6.07, 6.45) is 5.44. The smallest absolute Gasteiger partial charge is 0.119 e. The van der Waals surface area contributed by atoms with Crippen LogP contribution >= 0.6 is 0 Å². The van der Waals surface area contributed by atoms with Crippen LogP contribution in [0.2, 0.25) is 0 Å². The van der Waals surface area contributed by atoms with Gasteiger partial charge in [-0.3, -0.25) is 0 Å². The molecule has 0 radical (unpaired) electrons. The Morgan fingerprint density at radius 2 is 2.09 bits per heavy atom. The summed E-state index contributed by atoms with van der Waals surface area (Å²) >= 11 is 0. The van der Waals surface area contributed by atoms with Crippen LogP contribution in [-0.4, -0.2) is 40.8 Å². The molecule has 1 fully saturated rings. The normalized spacial score (nSPS) is 18.5. The molecule has 1 saturated heterocycles. The van der Waals surface area contributed by atoms with Crippen LogP contribution in [0.1, 0.15) is 26.2 Å². The van der Waals surface area contributed by atoms with E-state index in [1.807, 2.05) is 36.4 Å². The topological polar surface area (TPSA) is 38.2 Å². The van der Waals surface area contributed by atoms with Gasteiger partial charge < -0.3 is 9.64 Å². The second-order valence-electron chi connectivity index (χ2n) is 5.86. The lowest BCUT2D eigenvalue weighted by atomic mass is 10.1. The molecule has 2 aromatic rings. The second kappa shape index (κ2) is 7.36. The molecule has 0 bridgehead atoms. The van der Waals surface area contributed by atoms with E-state index in [2.05, 4.69) is 22.0 Å². The van der Waals surface area contributed by atoms with Crippen molar-refractivity contribution >= 4 is 0 Å². The molecule has 4 nitrogen and oxygen atoms in total. The van der Waals surface area contributed by atoms with Crippen LogP contribution in [0.3, 0.4) is 0 Å². The molecule has 0 saturated carbocycles. The average molecular weight is 297 g/mol. The summed E-state index contributed by atoms with van der Waals surface area (Å²) in [5.74, 6) is 0.919. The third-order valence-corrected chi connectivity index (χ3v) is 4.27. The van der Waals surface area contributed by atoms with Crippen molar-refractivity contribution in [1.82, 2.24) is 15.1 Å². The molecule has 0 N–H and O–H groups in total. The fourth-order valence-corrected chi connectivity index (χ4v) is 2.96. The number of nitrogens with zero attached hydrogens (tertiary/aromatic N) is 3. The van der Waals surface area contributed by atoms with Gasteiger partial charge in [0.15, 0.2) is 0 Å². The SMILES string of the molecule is CC1CCCN1CCCOc1ccc(-c2cccnn2)cc1. The van der Waals surface area contributed by atoms with Crippen LogP contribution in [0.4, 0.5) is 0 Å². The Kier molecular flexibility index (Phi) is 5.01. The monoisotopic (exact) mass is 297 g/mol. The highest BCUT2D eigenvalue weighted by atomic mass is 16.5. The van der Waals surface area contributed by atoms with Crippen LogP contribution in [0, 0.1) is 0 Å². The number of hydrogen-bond acceptors (Lipinski definition) is 4. The van der Waals surface area contributed by atoms with Gasteiger partial charge in [-0.1, -0.05) is 0 Å². The minimum Gasteiger partial charge on any atom is -0.494 e. The number of rotatable bonds is 6. The van der Waals surface area contributed by atoms with Gasteiger partial charge in [-0.05, 0) is 69.1 Å². The number of ether oxygens (including phenoxy) is 1. The lowest BCUT2D eigenvalue weighted by Gasteiger charge is -2.20. The lowest BCUT2D eigenvalue weighted by molar-refractivity contribution is 0.230. The highest BCUT2D eigenvalue weighted by molar-refractivity contribution is 5.59. The van der Waals surface area contributed by atoms with Crippen LogP contribution in [-0.2, 0) is 0 Å². The summed E-state index contributed by atoms with van der Waals surface area (Å²) in [7, 11) is 0. The molecule has 1 aliphatic heterocycles. The van der Waals surface area contributed by atoms with E-state index in [0.29, 0.717) is 0 Å². The quantitative estimate of drug-likeness (QED) is 0.766. The standard InChI is InChI=1S/C18H23N3O/c1-15-5-3-12-21(15)13-4-14-22-17-9-7-16(8-10-17)18-6-2-11-19-20-18/h2,6-11,15H,3-5,12-14H2,1H3. The Morgan fingerprint density at radius 3 is 2.77 bits per heavy atom. The molecule has 1 aliphatic rings. The van der Waals surface area contributed by atoms with Crippen LogP contribution in [0.25, 0.3) is 11.3 Å². The molecule has 0 aliphatic carbocycles. The first kappa shape index (κ1) is 15.0. The molecule has 1 unspecified atom stereocenters. The Hall–Kier alpha value is -1.94.